The predicted octanol–water partition coefficient (Wildman–Crippen LogP) is 2.47. The molecule has 0 radical (unpaired) electrons. The van der Waals surface area contributed by atoms with E-state index in [-0.39, 0.29) is 17.7 Å². The second kappa shape index (κ2) is 4.66. The van der Waals surface area contributed by atoms with Crippen LogP contribution in [0.1, 0.15) is 36.2 Å². The molecule has 0 saturated carbocycles. The summed E-state index contributed by atoms with van der Waals surface area (Å²) in [6.45, 7) is 2.90. The number of hydrogen-bond donors (Lipinski definition) is 1. The van der Waals surface area contributed by atoms with Gasteiger partial charge in [0.25, 0.3) is 0 Å². The first-order valence-electron chi connectivity index (χ1n) is 6.49. The molecule has 0 bridgehead atoms. The van der Waals surface area contributed by atoms with Crippen molar-refractivity contribution in [3.05, 3.63) is 30.1 Å². The summed E-state index contributed by atoms with van der Waals surface area (Å²) in [6, 6.07) is 5.40. The number of para-hydroxylation sites is 1. The zero-order valence-electron chi connectivity index (χ0n) is 10.7. The molecule has 1 N–H and O–H groups in total. The van der Waals surface area contributed by atoms with Crippen LogP contribution in [0, 0.1) is 0 Å². The van der Waals surface area contributed by atoms with Crippen LogP contribution in [0.2, 0.25) is 0 Å². The number of aromatic nitrogens is 2. The summed E-state index contributed by atoms with van der Waals surface area (Å²) in [5, 5.41) is 9.17. The van der Waals surface area contributed by atoms with E-state index in [1.807, 2.05) is 10.6 Å². The third-order valence-corrected chi connectivity index (χ3v) is 3.78. The zero-order chi connectivity index (χ0) is 13.4. The maximum atomic E-state index is 11.2. The van der Waals surface area contributed by atoms with Crippen LogP contribution in [0.15, 0.2) is 24.5 Å². The Morgan fingerprint density at radius 2 is 2.42 bits per heavy atom. The molecule has 2 atom stereocenters. The van der Waals surface area contributed by atoms with E-state index in [1.54, 1.807) is 18.5 Å². The topological polar surface area (TPSA) is 64.4 Å². The molecule has 3 rings (SSSR count). The molecule has 5 heteroatoms. The molecular formula is C14H16N2O3. The van der Waals surface area contributed by atoms with Crippen molar-refractivity contribution < 1.29 is 14.6 Å². The van der Waals surface area contributed by atoms with Gasteiger partial charge in [0, 0.05) is 6.61 Å². The Labute approximate surface area is 110 Å². The van der Waals surface area contributed by atoms with E-state index in [2.05, 4.69) is 11.9 Å². The van der Waals surface area contributed by atoms with Crippen LogP contribution in [-0.4, -0.2) is 33.3 Å². The number of carbonyl (C=O) groups is 1. The highest BCUT2D eigenvalue weighted by Crippen LogP contribution is 2.28. The maximum absolute atomic E-state index is 11.2. The number of imidazole rings is 1. The number of benzene rings is 1. The van der Waals surface area contributed by atoms with Gasteiger partial charge >= 0.3 is 5.97 Å². The van der Waals surface area contributed by atoms with Crippen molar-refractivity contribution in [2.45, 2.75) is 31.9 Å². The number of aromatic carboxylic acids is 1. The largest absolute Gasteiger partial charge is 0.478 e. The first kappa shape index (κ1) is 12.2. The fourth-order valence-electron chi connectivity index (χ4n) is 2.72. The van der Waals surface area contributed by atoms with Crippen molar-refractivity contribution in [1.82, 2.24) is 9.55 Å². The molecule has 1 aliphatic heterocycles. The fourth-order valence-corrected chi connectivity index (χ4v) is 2.72. The number of rotatable bonds is 3. The smallest absolute Gasteiger partial charge is 0.337 e. The Bertz CT molecular complexity index is 614. The van der Waals surface area contributed by atoms with Crippen LogP contribution in [0.25, 0.3) is 11.0 Å². The van der Waals surface area contributed by atoms with Crippen LogP contribution >= 0.6 is 0 Å². The molecule has 1 saturated heterocycles. The summed E-state index contributed by atoms with van der Waals surface area (Å²) in [4.78, 5) is 15.4. The van der Waals surface area contributed by atoms with Crippen LogP contribution < -0.4 is 0 Å². The number of carboxylic acids is 1. The van der Waals surface area contributed by atoms with Crippen molar-refractivity contribution in [1.29, 1.82) is 0 Å². The van der Waals surface area contributed by atoms with E-state index >= 15 is 0 Å². The summed E-state index contributed by atoms with van der Waals surface area (Å²) in [5.74, 6) is -0.944. The summed E-state index contributed by atoms with van der Waals surface area (Å²) >= 11 is 0. The van der Waals surface area contributed by atoms with Gasteiger partial charge < -0.3 is 14.4 Å². The fraction of sp³-hybridized carbons (Fsp3) is 0.429. The van der Waals surface area contributed by atoms with Gasteiger partial charge in [-0.15, -0.1) is 0 Å². The number of fused-ring (bicyclic) bond motifs is 1. The number of nitrogens with zero attached hydrogens (tertiary/aromatic N) is 2. The normalized spacial score (nSPS) is 20.8. The highest BCUT2D eigenvalue weighted by molar-refractivity contribution is 6.00. The minimum atomic E-state index is -0.944. The predicted molar refractivity (Wildman–Crippen MR) is 70.4 cm³/mol. The van der Waals surface area contributed by atoms with Gasteiger partial charge in [-0.3, -0.25) is 0 Å². The molecule has 1 fully saturated rings. The molecule has 19 heavy (non-hydrogen) atoms. The van der Waals surface area contributed by atoms with Gasteiger partial charge in [0.1, 0.15) is 5.52 Å². The molecule has 1 aromatic carbocycles. The molecule has 2 heterocycles. The van der Waals surface area contributed by atoms with E-state index < -0.39 is 5.97 Å². The van der Waals surface area contributed by atoms with Crippen molar-refractivity contribution >= 4 is 17.0 Å². The zero-order valence-corrected chi connectivity index (χ0v) is 10.7. The Morgan fingerprint density at radius 3 is 3.11 bits per heavy atom. The molecule has 0 aliphatic carbocycles. The standard InChI is InChI=1S/C14H16N2O3/c1-9(12-6-3-7-19-12)16-8-15-13-10(14(17)18)4-2-5-11(13)16/h2,4-5,8-9,12H,3,6-7H2,1H3,(H,17,18). The lowest BCUT2D eigenvalue weighted by Crippen LogP contribution is -2.20. The highest BCUT2D eigenvalue weighted by Gasteiger charge is 2.25. The highest BCUT2D eigenvalue weighted by atomic mass is 16.5. The monoisotopic (exact) mass is 260 g/mol. The average molecular weight is 260 g/mol. The SMILES string of the molecule is CC(C1CCCO1)n1cnc2c(C(=O)O)cccc21. The minimum Gasteiger partial charge on any atom is -0.478 e. The molecule has 1 aliphatic rings. The van der Waals surface area contributed by atoms with E-state index in [1.165, 1.54) is 0 Å². The van der Waals surface area contributed by atoms with Crippen molar-refractivity contribution in [2.75, 3.05) is 6.61 Å². The van der Waals surface area contributed by atoms with Gasteiger partial charge in [-0.25, -0.2) is 9.78 Å². The molecule has 0 amide bonds. The van der Waals surface area contributed by atoms with Crippen molar-refractivity contribution in [3.8, 4) is 0 Å². The Balaban J connectivity index is 2.05. The Hall–Kier alpha value is -1.88. The van der Waals surface area contributed by atoms with Gasteiger partial charge in [-0.1, -0.05) is 6.07 Å². The first-order valence-corrected chi connectivity index (χ1v) is 6.49. The lowest BCUT2D eigenvalue weighted by molar-refractivity contribution is 0.0699. The number of carboxylic acid groups (broad SMARTS) is 1. The first-order chi connectivity index (χ1) is 9.18. The third-order valence-electron chi connectivity index (χ3n) is 3.78. The van der Waals surface area contributed by atoms with Gasteiger partial charge in [0.15, 0.2) is 0 Å². The maximum Gasteiger partial charge on any atom is 0.337 e. The second-order valence-electron chi connectivity index (χ2n) is 4.92. The lowest BCUT2D eigenvalue weighted by atomic mass is 10.1. The van der Waals surface area contributed by atoms with Crippen LogP contribution in [0.3, 0.4) is 0 Å². The Morgan fingerprint density at radius 1 is 1.58 bits per heavy atom. The molecule has 5 nitrogen and oxygen atoms in total. The number of ether oxygens (including phenoxy) is 1. The molecule has 2 aromatic rings. The second-order valence-corrected chi connectivity index (χ2v) is 4.92. The van der Waals surface area contributed by atoms with Gasteiger partial charge in [-0.05, 0) is 31.9 Å². The summed E-state index contributed by atoms with van der Waals surface area (Å²) in [7, 11) is 0. The Kier molecular flexibility index (Phi) is 2.98. The van der Waals surface area contributed by atoms with E-state index in [0.29, 0.717) is 5.52 Å². The van der Waals surface area contributed by atoms with Crippen molar-refractivity contribution in [2.24, 2.45) is 0 Å². The molecule has 0 spiro atoms. The quantitative estimate of drug-likeness (QED) is 0.920. The van der Waals surface area contributed by atoms with Crippen LogP contribution in [-0.2, 0) is 4.74 Å². The summed E-state index contributed by atoms with van der Waals surface area (Å²) < 4.78 is 7.71. The summed E-state index contributed by atoms with van der Waals surface area (Å²) in [5.41, 5.74) is 1.64. The van der Waals surface area contributed by atoms with Gasteiger partial charge in [-0.2, -0.15) is 0 Å². The number of hydrogen-bond acceptors (Lipinski definition) is 3. The molecule has 1 aromatic heterocycles. The minimum absolute atomic E-state index is 0.163. The van der Waals surface area contributed by atoms with Crippen LogP contribution in [0.5, 0.6) is 0 Å². The van der Waals surface area contributed by atoms with Gasteiger partial charge in [0.2, 0.25) is 0 Å². The summed E-state index contributed by atoms with van der Waals surface area (Å²) in [6.07, 6.45) is 4.02. The lowest BCUT2D eigenvalue weighted by Gasteiger charge is -2.20. The van der Waals surface area contributed by atoms with E-state index in [0.717, 1.165) is 25.0 Å². The van der Waals surface area contributed by atoms with Crippen LogP contribution in [0.4, 0.5) is 0 Å². The molecular weight excluding hydrogens is 244 g/mol. The van der Waals surface area contributed by atoms with Crippen molar-refractivity contribution in [3.63, 3.8) is 0 Å². The molecule has 2 unspecified atom stereocenters. The van der Waals surface area contributed by atoms with Gasteiger partial charge in [0.05, 0.1) is 29.6 Å². The average Bonchev–Trinajstić information content (AvgIpc) is 3.06. The van der Waals surface area contributed by atoms with E-state index in [9.17, 15) is 4.79 Å². The molecule has 100 valence electrons. The third kappa shape index (κ3) is 2.00. The van der Waals surface area contributed by atoms with E-state index in [4.69, 9.17) is 9.84 Å².